The van der Waals surface area contributed by atoms with Gasteiger partial charge in [0.2, 0.25) is 0 Å². The van der Waals surface area contributed by atoms with Gasteiger partial charge in [0.05, 0.1) is 12.7 Å². The molecule has 1 N–H and O–H groups in total. The third kappa shape index (κ3) is 5.03. The second kappa shape index (κ2) is 9.12. The highest BCUT2D eigenvalue weighted by Gasteiger charge is 2.17. The molecule has 1 aromatic carbocycles. The van der Waals surface area contributed by atoms with Crippen molar-refractivity contribution >= 4 is 17.5 Å². The fraction of sp³-hybridized carbons (Fsp3) is 0.368. The van der Waals surface area contributed by atoms with E-state index in [2.05, 4.69) is 0 Å². The van der Waals surface area contributed by atoms with E-state index in [1.807, 2.05) is 6.26 Å². The van der Waals surface area contributed by atoms with E-state index in [1.54, 1.807) is 26.1 Å². The summed E-state index contributed by atoms with van der Waals surface area (Å²) in [6.45, 7) is 1.38. The lowest BCUT2D eigenvalue weighted by Gasteiger charge is -2.14. The molecule has 0 saturated carbocycles. The quantitative estimate of drug-likeness (QED) is 0.564. The van der Waals surface area contributed by atoms with Gasteiger partial charge in [-0.2, -0.15) is 0 Å². The Balaban J connectivity index is 2.33. The Morgan fingerprint density at radius 2 is 2.08 bits per heavy atom. The van der Waals surface area contributed by atoms with Gasteiger partial charge < -0.3 is 14.4 Å². The predicted molar refractivity (Wildman–Crippen MR) is 99.5 cm³/mol. The van der Waals surface area contributed by atoms with Crippen LogP contribution in [0.25, 0.3) is 0 Å². The Hall–Kier alpha value is -1.96. The topological polar surface area (TPSA) is 68.5 Å². The first-order chi connectivity index (χ1) is 12.3. The number of benzene rings is 1. The number of nitrogens with zero attached hydrogens (tertiary/aromatic N) is 1. The number of aliphatic hydroxyl groups is 1. The smallest absolute Gasteiger partial charge is 0.250 e. The number of ether oxygens (including phenoxy) is 1. The van der Waals surface area contributed by atoms with E-state index < -0.39 is 6.10 Å². The maximum Gasteiger partial charge on any atom is 0.250 e. The first-order valence-corrected chi connectivity index (χ1v) is 9.36. The third-order valence-electron chi connectivity index (χ3n) is 3.95. The number of carbonyl (C=O) groups is 1. The Morgan fingerprint density at radius 3 is 2.69 bits per heavy atom. The summed E-state index contributed by atoms with van der Waals surface area (Å²) >= 11 is 1.44. The number of hydrogen-bond acceptors (Lipinski definition) is 5. The molecule has 0 aliphatic rings. The van der Waals surface area contributed by atoms with E-state index >= 15 is 0 Å². The molecule has 26 heavy (non-hydrogen) atoms. The maximum atomic E-state index is 14.3. The van der Waals surface area contributed by atoms with E-state index in [4.69, 9.17) is 4.74 Å². The van der Waals surface area contributed by atoms with Crippen LogP contribution in [0.1, 0.15) is 28.5 Å². The lowest BCUT2D eigenvalue weighted by atomic mass is 10.0. The van der Waals surface area contributed by atoms with Gasteiger partial charge in [-0.1, -0.05) is 6.07 Å². The number of hydrogen-bond donors (Lipinski definition) is 1. The second-order valence-corrected chi connectivity index (χ2v) is 6.89. The number of rotatable bonds is 8. The first kappa shape index (κ1) is 20.4. The van der Waals surface area contributed by atoms with Gasteiger partial charge in [0.25, 0.3) is 5.56 Å². The number of aromatic nitrogens is 1. The van der Waals surface area contributed by atoms with Crippen LogP contribution in [0.15, 0.2) is 40.0 Å². The Kier molecular flexibility index (Phi) is 7.14. The highest BCUT2D eigenvalue weighted by atomic mass is 32.2. The van der Waals surface area contributed by atoms with Crippen LogP contribution in [0.5, 0.6) is 0 Å². The average molecular weight is 379 g/mol. The van der Waals surface area contributed by atoms with Gasteiger partial charge in [-0.3, -0.25) is 9.59 Å². The molecule has 0 unspecified atom stereocenters. The molecule has 0 fully saturated rings. The first-order valence-electron chi connectivity index (χ1n) is 8.13. The minimum atomic E-state index is -0.675. The van der Waals surface area contributed by atoms with Gasteiger partial charge in [0, 0.05) is 35.7 Å². The standard InChI is InChI=1S/C19H22FNO4S/c1-12(22)10-25-11-18(23)15-6-7-19(24)21(2)17(15)8-13-4-5-14(26-3)9-16(13)20/h4-7,9,12,22H,8,10-11H2,1-3H3/t12-/m0/s1. The monoisotopic (exact) mass is 379 g/mol. The highest BCUT2D eigenvalue weighted by molar-refractivity contribution is 7.98. The number of aliphatic hydroxyl groups excluding tert-OH is 1. The van der Waals surface area contributed by atoms with E-state index in [1.165, 1.54) is 34.5 Å². The van der Waals surface area contributed by atoms with Crippen molar-refractivity contribution in [1.82, 2.24) is 4.57 Å². The van der Waals surface area contributed by atoms with Crippen molar-refractivity contribution in [3.05, 3.63) is 63.3 Å². The molecule has 2 rings (SSSR count). The normalized spacial score (nSPS) is 12.2. The van der Waals surface area contributed by atoms with Crippen molar-refractivity contribution in [1.29, 1.82) is 0 Å². The van der Waals surface area contributed by atoms with Gasteiger partial charge in [-0.05, 0) is 36.9 Å². The van der Waals surface area contributed by atoms with Crippen LogP contribution < -0.4 is 5.56 Å². The zero-order valence-electron chi connectivity index (χ0n) is 15.0. The summed E-state index contributed by atoms with van der Waals surface area (Å²) in [5.74, 6) is -0.700. The van der Waals surface area contributed by atoms with Crippen LogP contribution in [0.4, 0.5) is 4.39 Å². The number of ketones is 1. The Bertz CT molecular complexity index is 848. The molecule has 0 spiro atoms. The Morgan fingerprint density at radius 1 is 1.35 bits per heavy atom. The summed E-state index contributed by atoms with van der Waals surface area (Å²) in [5, 5.41) is 9.21. The molecule has 1 atom stereocenters. The summed E-state index contributed by atoms with van der Waals surface area (Å²) in [6.07, 6.45) is 1.30. The molecule has 7 heteroatoms. The van der Waals surface area contributed by atoms with Crippen molar-refractivity contribution in [3.8, 4) is 0 Å². The van der Waals surface area contributed by atoms with Crippen LogP contribution >= 0.6 is 11.8 Å². The summed E-state index contributed by atoms with van der Waals surface area (Å²) in [6, 6.07) is 7.65. The lowest BCUT2D eigenvalue weighted by Crippen LogP contribution is -2.25. The van der Waals surface area contributed by atoms with Crippen LogP contribution in [0.2, 0.25) is 0 Å². The number of Topliss-reactive ketones (excluding diaryl/α,β-unsaturated/α-hetero) is 1. The summed E-state index contributed by atoms with van der Waals surface area (Å²) in [4.78, 5) is 25.3. The molecule has 5 nitrogen and oxygen atoms in total. The van der Waals surface area contributed by atoms with Crippen molar-refractivity contribution in [2.45, 2.75) is 24.3 Å². The molecule has 0 aliphatic carbocycles. The van der Waals surface area contributed by atoms with Crippen LogP contribution in [0, 0.1) is 5.82 Å². The number of pyridine rings is 1. The van der Waals surface area contributed by atoms with Gasteiger partial charge in [-0.15, -0.1) is 11.8 Å². The summed E-state index contributed by atoms with van der Waals surface area (Å²) in [7, 11) is 1.55. The molecule has 1 aromatic heterocycles. The van der Waals surface area contributed by atoms with Gasteiger partial charge >= 0.3 is 0 Å². The van der Waals surface area contributed by atoms with Gasteiger partial charge in [0.15, 0.2) is 5.78 Å². The molecule has 0 saturated heterocycles. The molecule has 0 amide bonds. The third-order valence-corrected chi connectivity index (χ3v) is 4.68. The van der Waals surface area contributed by atoms with E-state index in [9.17, 15) is 19.1 Å². The second-order valence-electron chi connectivity index (χ2n) is 6.01. The molecule has 0 aliphatic heterocycles. The predicted octanol–water partition coefficient (Wildman–Crippen LogP) is 2.42. The van der Waals surface area contributed by atoms with E-state index in [-0.39, 0.29) is 36.8 Å². The van der Waals surface area contributed by atoms with Crippen LogP contribution in [-0.2, 0) is 18.2 Å². The largest absolute Gasteiger partial charge is 0.391 e. The average Bonchev–Trinajstić information content (AvgIpc) is 2.60. The molecule has 140 valence electrons. The zero-order valence-corrected chi connectivity index (χ0v) is 15.8. The number of carbonyl (C=O) groups excluding carboxylic acids is 1. The summed E-state index contributed by atoms with van der Waals surface area (Å²) in [5.41, 5.74) is 0.871. The SMILES string of the molecule is CSc1ccc(Cc2c(C(=O)COC[C@H](C)O)ccc(=O)n2C)c(F)c1. The van der Waals surface area contributed by atoms with Crippen molar-refractivity contribution < 1.29 is 19.0 Å². The van der Waals surface area contributed by atoms with Crippen LogP contribution in [-0.4, -0.2) is 41.0 Å². The Labute approximate surface area is 155 Å². The van der Waals surface area contributed by atoms with Crippen molar-refractivity contribution in [2.75, 3.05) is 19.5 Å². The molecule has 0 radical (unpaired) electrons. The highest BCUT2D eigenvalue weighted by Crippen LogP contribution is 2.21. The maximum absolute atomic E-state index is 14.3. The molecule has 1 heterocycles. The fourth-order valence-corrected chi connectivity index (χ4v) is 2.95. The minimum absolute atomic E-state index is 0.0393. The molecule has 0 bridgehead atoms. The zero-order chi connectivity index (χ0) is 19.3. The number of thioether (sulfide) groups is 1. The molecular weight excluding hydrogens is 357 g/mol. The number of halogens is 1. The van der Waals surface area contributed by atoms with Crippen molar-refractivity contribution in [3.63, 3.8) is 0 Å². The van der Waals surface area contributed by atoms with Gasteiger partial charge in [0.1, 0.15) is 12.4 Å². The van der Waals surface area contributed by atoms with E-state index in [0.29, 0.717) is 16.8 Å². The summed E-state index contributed by atoms with van der Waals surface area (Å²) < 4.78 is 20.9. The minimum Gasteiger partial charge on any atom is -0.391 e. The lowest BCUT2D eigenvalue weighted by molar-refractivity contribution is 0.0424. The van der Waals surface area contributed by atoms with Crippen molar-refractivity contribution in [2.24, 2.45) is 7.05 Å². The van der Waals surface area contributed by atoms with E-state index in [0.717, 1.165) is 4.90 Å². The van der Waals surface area contributed by atoms with Crippen LogP contribution in [0.3, 0.4) is 0 Å². The fourth-order valence-electron chi connectivity index (χ4n) is 2.52. The molecule has 2 aromatic rings. The van der Waals surface area contributed by atoms with Gasteiger partial charge in [-0.25, -0.2) is 4.39 Å². The molecular formula is C19H22FNO4S.